The van der Waals surface area contributed by atoms with Crippen LogP contribution in [0.3, 0.4) is 0 Å². The van der Waals surface area contributed by atoms with Crippen LogP contribution < -0.4 is 4.74 Å². The van der Waals surface area contributed by atoms with E-state index < -0.39 is 0 Å². The number of ether oxygens (including phenoxy) is 1. The Bertz CT molecular complexity index is 1070. The van der Waals surface area contributed by atoms with E-state index >= 15 is 0 Å². The first-order chi connectivity index (χ1) is 13.3. The smallest absolute Gasteiger partial charge is 0.214 e. The van der Waals surface area contributed by atoms with Crippen LogP contribution in [0.1, 0.15) is 21.1 Å². The van der Waals surface area contributed by atoms with Crippen molar-refractivity contribution in [1.29, 1.82) is 0 Å². The Morgan fingerprint density at radius 1 is 1.00 bits per heavy atom. The second kappa shape index (κ2) is 7.93. The maximum atomic E-state index is 12.5. The molecule has 4 aromatic rings. The second-order valence-corrected chi connectivity index (χ2v) is 6.86. The SMILES string of the molecule is O=C(C=Cc1ccccc1OCc1ccccn1)c1nc2ccccc2s1. The molecule has 0 N–H and O–H groups in total. The highest BCUT2D eigenvalue weighted by Gasteiger charge is 2.09. The number of hydrogen-bond acceptors (Lipinski definition) is 5. The van der Waals surface area contributed by atoms with Crippen molar-refractivity contribution >= 4 is 33.4 Å². The first kappa shape index (κ1) is 17.1. The molecule has 0 aliphatic heterocycles. The van der Waals surface area contributed by atoms with Crippen LogP contribution in [0.15, 0.2) is 79.0 Å². The van der Waals surface area contributed by atoms with Gasteiger partial charge >= 0.3 is 0 Å². The summed E-state index contributed by atoms with van der Waals surface area (Å²) in [4.78, 5) is 21.1. The molecular weight excluding hydrogens is 356 g/mol. The zero-order valence-corrected chi connectivity index (χ0v) is 15.2. The summed E-state index contributed by atoms with van der Waals surface area (Å²) >= 11 is 1.40. The predicted octanol–water partition coefficient (Wildman–Crippen LogP) is 5.17. The van der Waals surface area contributed by atoms with Crippen molar-refractivity contribution in [2.75, 3.05) is 0 Å². The van der Waals surface area contributed by atoms with E-state index in [1.807, 2.05) is 66.7 Å². The molecule has 4 rings (SSSR count). The number of nitrogens with zero attached hydrogens (tertiary/aromatic N) is 2. The summed E-state index contributed by atoms with van der Waals surface area (Å²) in [5.74, 6) is 0.590. The number of thiazole rings is 1. The molecule has 2 heterocycles. The Hall–Kier alpha value is -3.31. The molecule has 2 aromatic heterocycles. The minimum absolute atomic E-state index is 0.115. The van der Waals surface area contributed by atoms with Crippen molar-refractivity contribution < 1.29 is 9.53 Å². The van der Waals surface area contributed by atoms with Crippen molar-refractivity contribution in [1.82, 2.24) is 9.97 Å². The summed E-state index contributed by atoms with van der Waals surface area (Å²) in [7, 11) is 0. The van der Waals surface area contributed by atoms with E-state index in [2.05, 4.69) is 9.97 Å². The lowest BCUT2D eigenvalue weighted by molar-refractivity contribution is 0.104. The molecule has 0 unspecified atom stereocenters. The summed E-state index contributed by atoms with van der Waals surface area (Å²) in [6.45, 7) is 0.373. The molecule has 0 fully saturated rings. The van der Waals surface area contributed by atoms with E-state index in [1.54, 1.807) is 18.3 Å². The summed E-state index contributed by atoms with van der Waals surface area (Å²) in [6.07, 6.45) is 5.05. The summed E-state index contributed by atoms with van der Waals surface area (Å²) in [5, 5.41) is 0.485. The fourth-order valence-corrected chi connectivity index (χ4v) is 3.49. The lowest BCUT2D eigenvalue weighted by Gasteiger charge is -2.08. The summed E-state index contributed by atoms with van der Waals surface area (Å²) in [5.41, 5.74) is 2.53. The molecule has 0 bridgehead atoms. The second-order valence-electron chi connectivity index (χ2n) is 5.83. The van der Waals surface area contributed by atoms with Crippen LogP contribution in [0, 0.1) is 0 Å². The maximum Gasteiger partial charge on any atom is 0.214 e. The zero-order valence-electron chi connectivity index (χ0n) is 14.4. The van der Waals surface area contributed by atoms with E-state index in [-0.39, 0.29) is 5.78 Å². The number of carbonyl (C=O) groups excluding carboxylic acids is 1. The fourth-order valence-electron chi connectivity index (χ4n) is 2.60. The normalized spacial score (nSPS) is 11.1. The van der Waals surface area contributed by atoms with Crippen molar-refractivity contribution in [3.05, 3.63) is 95.3 Å². The number of aromatic nitrogens is 2. The Morgan fingerprint density at radius 3 is 2.67 bits per heavy atom. The van der Waals surface area contributed by atoms with Crippen LogP contribution >= 0.6 is 11.3 Å². The topological polar surface area (TPSA) is 52.1 Å². The molecule has 0 amide bonds. The molecule has 5 heteroatoms. The number of benzene rings is 2. The number of carbonyl (C=O) groups is 1. The highest BCUT2D eigenvalue weighted by molar-refractivity contribution is 7.20. The van der Waals surface area contributed by atoms with Gasteiger partial charge in [0.05, 0.1) is 15.9 Å². The first-order valence-corrected chi connectivity index (χ1v) is 9.31. The van der Waals surface area contributed by atoms with Gasteiger partial charge in [-0.25, -0.2) is 4.98 Å². The van der Waals surface area contributed by atoms with Gasteiger partial charge < -0.3 is 4.74 Å². The maximum absolute atomic E-state index is 12.5. The molecule has 4 nitrogen and oxygen atoms in total. The molecule has 0 aliphatic rings. The molecule has 0 spiro atoms. The lowest BCUT2D eigenvalue weighted by atomic mass is 10.1. The van der Waals surface area contributed by atoms with Gasteiger partial charge in [-0.2, -0.15) is 0 Å². The monoisotopic (exact) mass is 372 g/mol. The number of hydrogen-bond donors (Lipinski definition) is 0. The van der Waals surface area contributed by atoms with E-state index in [1.165, 1.54) is 11.3 Å². The van der Waals surface area contributed by atoms with E-state index in [4.69, 9.17) is 4.74 Å². The molecule has 0 radical (unpaired) electrons. The largest absolute Gasteiger partial charge is 0.487 e. The van der Waals surface area contributed by atoms with Crippen molar-refractivity contribution in [2.24, 2.45) is 0 Å². The molecule has 27 heavy (non-hydrogen) atoms. The summed E-state index contributed by atoms with van der Waals surface area (Å²) in [6, 6.07) is 21.1. The molecule has 0 saturated carbocycles. The zero-order chi connectivity index (χ0) is 18.5. The van der Waals surface area contributed by atoms with Gasteiger partial charge in [0.25, 0.3) is 0 Å². The van der Waals surface area contributed by atoms with Gasteiger partial charge in [0, 0.05) is 11.8 Å². The van der Waals surface area contributed by atoms with Gasteiger partial charge in [-0.1, -0.05) is 36.4 Å². The summed E-state index contributed by atoms with van der Waals surface area (Å²) < 4.78 is 6.88. The van der Waals surface area contributed by atoms with Crippen LogP contribution in [-0.4, -0.2) is 15.8 Å². The third-order valence-corrected chi connectivity index (χ3v) is 4.99. The van der Waals surface area contributed by atoms with Crippen LogP contribution in [0.25, 0.3) is 16.3 Å². The van der Waals surface area contributed by atoms with Gasteiger partial charge in [0.2, 0.25) is 5.78 Å². The highest BCUT2D eigenvalue weighted by Crippen LogP contribution is 2.24. The molecule has 0 atom stereocenters. The van der Waals surface area contributed by atoms with E-state index in [9.17, 15) is 4.79 Å². The van der Waals surface area contributed by atoms with E-state index in [0.29, 0.717) is 17.4 Å². The van der Waals surface area contributed by atoms with Crippen LogP contribution in [0.4, 0.5) is 0 Å². The Balaban J connectivity index is 1.50. The van der Waals surface area contributed by atoms with Crippen LogP contribution in [0.2, 0.25) is 0 Å². The number of fused-ring (bicyclic) bond motifs is 1. The van der Waals surface area contributed by atoms with Gasteiger partial charge in [-0.15, -0.1) is 11.3 Å². The molecule has 0 aliphatic carbocycles. The highest BCUT2D eigenvalue weighted by atomic mass is 32.1. The van der Waals surface area contributed by atoms with Gasteiger partial charge in [-0.3, -0.25) is 9.78 Å². The third-order valence-electron chi connectivity index (χ3n) is 3.94. The van der Waals surface area contributed by atoms with Crippen molar-refractivity contribution in [3.8, 4) is 5.75 Å². The predicted molar refractivity (Wildman–Crippen MR) is 108 cm³/mol. The number of para-hydroxylation sites is 2. The van der Waals surface area contributed by atoms with E-state index in [0.717, 1.165) is 21.5 Å². The molecule has 2 aromatic carbocycles. The number of ketones is 1. The van der Waals surface area contributed by atoms with Crippen molar-refractivity contribution in [2.45, 2.75) is 6.61 Å². The Labute approximate surface area is 160 Å². The fraction of sp³-hybridized carbons (Fsp3) is 0.0455. The van der Waals surface area contributed by atoms with Gasteiger partial charge in [0.15, 0.2) is 5.01 Å². The molecule has 132 valence electrons. The average Bonchev–Trinajstić information content (AvgIpc) is 3.16. The van der Waals surface area contributed by atoms with Crippen molar-refractivity contribution in [3.63, 3.8) is 0 Å². The van der Waals surface area contributed by atoms with Gasteiger partial charge in [0.1, 0.15) is 12.4 Å². The lowest BCUT2D eigenvalue weighted by Crippen LogP contribution is -1.99. The Kier molecular flexibility index (Phi) is 5.03. The average molecular weight is 372 g/mol. The minimum atomic E-state index is -0.115. The number of rotatable bonds is 6. The number of pyridine rings is 1. The first-order valence-electron chi connectivity index (χ1n) is 8.49. The molecule has 0 saturated heterocycles. The number of allylic oxidation sites excluding steroid dienone is 1. The third kappa shape index (κ3) is 4.10. The Morgan fingerprint density at radius 2 is 1.81 bits per heavy atom. The standard InChI is InChI=1S/C22H16N2O2S/c25-19(22-24-18-9-2-4-11-21(18)27-22)13-12-16-7-1-3-10-20(16)26-15-17-8-5-6-14-23-17/h1-14H,15H2. The van der Waals surface area contributed by atoms with Crippen LogP contribution in [-0.2, 0) is 6.61 Å². The quantitative estimate of drug-likeness (QED) is 0.346. The van der Waals surface area contributed by atoms with Gasteiger partial charge in [-0.05, 0) is 42.5 Å². The van der Waals surface area contributed by atoms with Crippen LogP contribution in [0.5, 0.6) is 5.75 Å². The molecular formula is C22H16N2O2S. The minimum Gasteiger partial charge on any atom is -0.487 e.